The molecule has 7 aromatic carbocycles. The summed E-state index contributed by atoms with van der Waals surface area (Å²) < 4.78 is 2.36. The van der Waals surface area contributed by atoms with Gasteiger partial charge in [0.1, 0.15) is 0 Å². The minimum atomic E-state index is 0.601. The Labute approximate surface area is 318 Å². The van der Waals surface area contributed by atoms with E-state index in [1.165, 1.54) is 10.8 Å². The highest BCUT2D eigenvalue weighted by Crippen LogP contribution is 2.41. The molecule has 0 aliphatic heterocycles. The van der Waals surface area contributed by atoms with Crippen molar-refractivity contribution in [2.24, 2.45) is 0 Å². The van der Waals surface area contributed by atoms with Gasteiger partial charge in [-0.2, -0.15) is 5.26 Å². The van der Waals surface area contributed by atoms with Crippen LogP contribution in [-0.4, -0.2) is 19.5 Å². The van der Waals surface area contributed by atoms with Crippen LogP contribution >= 0.6 is 0 Å². The Kier molecular flexibility index (Phi) is 7.79. The molecule has 5 nitrogen and oxygen atoms in total. The third-order valence-electron chi connectivity index (χ3n) is 10.3. The van der Waals surface area contributed by atoms with Crippen LogP contribution in [0, 0.1) is 11.3 Å². The molecular weight excluding hydrogens is 671 g/mol. The molecule has 0 atom stereocenters. The van der Waals surface area contributed by atoms with Gasteiger partial charge in [-0.15, -0.1) is 0 Å². The zero-order valence-corrected chi connectivity index (χ0v) is 29.6. The molecule has 0 fully saturated rings. The van der Waals surface area contributed by atoms with Gasteiger partial charge in [0.2, 0.25) is 0 Å². The van der Waals surface area contributed by atoms with Crippen molar-refractivity contribution in [3.8, 4) is 68.0 Å². The van der Waals surface area contributed by atoms with E-state index in [0.29, 0.717) is 11.4 Å². The van der Waals surface area contributed by atoms with E-state index >= 15 is 0 Å². The van der Waals surface area contributed by atoms with Gasteiger partial charge in [-0.3, -0.25) is 0 Å². The van der Waals surface area contributed by atoms with Crippen molar-refractivity contribution in [2.45, 2.75) is 0 Å². The molecule has 3 aromatic heterocycles. The van der Waals surface area contributed by atoms with Crippen LogP contribution in [0.25, 0.3) is 94.7 Å². The normalized spacial score (nSPS) is 11.3. The molecule has 3 heterocycles. The highest BCUT2D eigenvalue weighted by atomic mass is 15.0. The molecular formula is C50H31N5. The lowest BCUT2D eigenvalue weighted by Gasteiger charge is -2.13. The third-order valence-corrected chi connectivity index (χ3v) is 10.3. The first-order chi connectivity index (χ1) is 27.2. The van der Waals surface area contributed by atoms with Crippen LogP contribution in [-0.2, 0) is 0 Å². The molecule has 0 aliphatic rings. The molecule has 55 heavy (non-hydrogen) atoms. The van der Waals surface area contributed by atoms with Gasteiger partial charge in [-0.05, 0) is 65.7 Å². The summed E-state index contributed by atoms with van der Waals surface area (Å²) in [6.07, 6.45) is 0. The third kappa shape index (κ3) is 5.70. The van der Waals surface area contributed by atoms with Crippen LogP contribution in [0.5, 0.6) is 0 Å². The topological polar surface area (TPSA) is 67.4 Å². The number of hydrogen-bond donors (Lipinski definition) is 0. The van der Waals surface area contributed by atoms with Gasteiger partial charge in [0.25, 0.3) is 0 Å². The number of rotatable bonds is 6. The first-order valence-corrected chi connectivity index (χ1v) is 18.3. The lowest BCUT2D eigenvalue weighted by atomic mass is 9.98. The monoisotopic (exact) mass is 701 g/mol. The summed E-state index contributed by atoms with van der Waals surface area (Å²) >= 11 is 0. The maximum Gasteiger partial charge on any atom is 0.160 e. The fourth-order valence-electron chi connectivity index (χ4n) is 7.57. The number of fused-ring (bicyclic) bond motifs is 5. The molecule has 0 spiro atoms. The Morgan fingerprint density at radius 2 is 0.964 bits per heavy atom. The van der Waals surface area contributed by atoms with Gasteiger partial charge in [0, 0.05) is 44.1 Å². The van der Waals surface area contributed by atoms with Crippen LogP contribution in [0.2, 0.25) is 0 Å². The smallest absolute Gasteiger partial charge is 0.160 e. The maximum atomic E-state index is 9.32. The minimum absolute atomic E-state index is 0.601. The van der Waals surface area contributed by atoms with E-state index in [-0.39, 0.29) is 0 Å². The van der Waals surface area contributed by atoms with Crippen LogP contribution in [0.3, 0.4) is 0 Å². The second-order valence-electron chi connectivity index (χ2n) is 13.6. The largest absolute Gasteiger partial charge is 0.307 e. The summed E-state index contributed by atoms with van der Waals surface area (Å²) in [5.41, 5.74) is 13.7. The summed E-state index contributed by atoms with van der Waals surface area (Å²) in [6, 6.07) is 66.7. The summed E-state index contributed by atoms with van der Waals surface area (Å²) in [5.74, 6) is 0.614. The maximum absolute atomic E-state index is 9.32. The van der Waals surface area contributed by atoms with E-state index in [2.05, 4.69) is 150 Å². The Bertz CT molecular complexity index is 3050. The number of benzene rings is 7. The van der Waals surface area contributed by atoms with Crippen molar-refractivity contribution in [1.82, 2.24) is 19.5 Å². The van der Waals surface area contributed by atoms with Crippen LogP contribution in [0.4, 0.5) is 0 Å². The molecule has 0 bridgehead atoms. The molecule has 0 saturated carbocycles. The molecule has 256 valence electrons. The summed E-state index contributed by atoms with van der Waals surface area (Å²) in [5, 5.41) is 12.9. The Morgan fingerprint density at radius 1 is 0.436 bits per heavy atom. The molecule has 0 N–H and O–H groups in total. The Morgan fingerprint density at radius 3 is 1.64 bits per heavy atom. The average molecular weight is 702 g/mol. The number of aromatic nitrogens is 4. The van der Waals surface area contributed by atoms with Crippen LogP contribution in [0.15, 0.2) is 188 Å². The number of hydrogen-bond acceptors (Lipinski definition) is 4. The molecule has 0 saturated heterocycles. The first kappa shape index (κ1) is 32.0. The van der Waals surface area contributed by atoms with Crippen molar-refractivity contribution in [2.75, 3.05) is 0 Å². The number of nitriles is 1. The molecule has 0 amide bonds. The zero-order chi connectivity index (χ0) is 36.7. The predicted molar refractivity (Wildman–Crippen MR) is 224 cm³/mol. The highest BCUT2D eigenvalue weighted by molar-refractivity contribution is 6.23. The van der Waals surface area contributed by atoms with Crippen molar-refractivity contribution < 1.29 is 0 Å². The lowest BCUT2D eigenvalue weighted by molar-refractivity contribution is 1.17. The van der Waals surface area contributed by atoms with Crippen molar-refractivity contribution in [3.63, 3.8) is 0 Å². The van der Waals surface area contributed by atoms with Gasteiger partial charge < -0.3 is 4.57 Å². The van der Waals surface area contributed by atoms with E-state index in [1.54, 1.807) is 12.1 Å². The summed E-state index contributed by atoms with van der Waals surface area (Å²) in [7, 11) is 0. The van der Waals surface area contributed by atoms with Gasteiger partial charge in [-0.25, -0.2) is 15.0 Å². The fourth-order valence-corrected chi connectivity index (χ4v) is 7.57. The van der Waals surface area contributed by atoms with E-state index in [9.17, 15) is 5.26 Å². The average Bonchev–Trinajstić information content (AvgIpc) is 3.62. The number of pyridine rings is 1. The van der Waals surface area contributed by atoms with Gasteiger partial charge in [-0.1, -0.05) is 133 Å². The minimum Gasteiger partial charge on any atom is -0.307 e. The van der Waals surface area contributed by atoms with Crippen molar-refractivity contribution in [1.29, 1.82) is 5.26 Å². The molecule has 10 aromatic rings. The Hall–Kier alpha value is -7.68. The molecule has 0 aliphatic carbocycles. The second kappa shape index (κ2) is 13.4. The van der Waals surface area contributed by atoms with Crippen LogP contribution in [0.1, 0.15) is 5.56 Å². The SMILES string of the molecule is N#Cc1ccc(-c2nc(-c3ccccc3)cc(-c3ccc(-c4ccc(-c5nc6ccccc6c6c7ccccc7n(-c7ccccc7)c56)cc4)cc3)n2)cc1. The van der Waals surface area contributed by atoms with E-state index in [4.69, 9.17) is 15.0 Å². The molecule has 5 heteroatoms. The zero-order valence-electron chi connectivity index (χ0n) is 29.6. The lowest BCUT2D eigenvalue weighted by Crippen LogP contribution is -1.97. The predicted octanol–water partition coefficient (Wildman–Crippen LogP) is 12.3. The quantitative estimate of drug-likeness (QED) is 0.173. The number of para-hydroxylation sites is 3. The molecule has 10 rings (SSSR count). The van der Waals surface area contributed by atoms with Gasteiger partial charge >= 0.3 is 0 Å². The van der Waals surface area contributed by atoms with Crippen molar-refractivity contribution >= 4 is 32.7 Å². The van der Waals surface area contributed by atoms with Gasteiger partial charge in [0.15, 0.2) is 5.82 Å². The fraction of sp³-hybridized carbons (Fsp3) is 0. The van der Waals surface area contributed by atoms with E-state index in [1.807, 2.05) is 36.4 Å². The standard InChI is InChI=1S/C50H31N5/c51-32-33-19-21-39(22-20-33)50-53-44(36-11-3-1-4-12-36)31-45(54-50)37-27-23-34(24-28-37)35-25-29-38(30-26-35)48-49-47(41-15-7-9-17-43(41)52-48)42-16-8-10-18-46(42)55(49)40-13-5-2-6-14-40/h1-31H. The Balaban J connectivity index is 1.05. The van der Waals surface area contributed by atoms with Crippen LogP contribution < -0.4 is 0 Å². The molecule has 0 radical (unpaired) electrons. The highest BCUT2D eigenvalue weighted by Gasteiger charge is 2.20. The number of nitrogens with zero attached hydrogens (tertiary/aromatic N) is 5. The summed E-state index contributed by atoms with van der Waals surface area (Å²) in [4.78, 5) is 15.2. The van der Waals surface area contributed by atoms with E-state index in [0.717, 1.165) is 78.1 Å². The second-order valence-corrected chi connectivity index (χ2v) is 13.6. The summed E-state index contributed by atoms with van der Waals surface area (Å²) in [6.45, 7) is 0. The molecule has 0 unspecified atom stereocenters. The van der Waals surface area contributed by atoms with Gasteiger partial charge in [0.05, 0.1) is 45.3 Å². The first-order valence-electron chi connectivity index (χ1n) is 18.3. The van der Waals surface area contributed by atoms with E-state index < -0.39 is 0 Å². The van der Waals surface area contributed by atoms with Crippen molar-refractivity contribution in [3.05, 3.63) is 194 Å².